The van der Waals surface area contributed by atoms with Crippen molar-refractivity contribution in [1.29, 1.82) is 5.41 Å². The van der Waals surface area contributed by atoms with Crippen LogP contribution in [0, 0.1) is 12.3 Å². The molecule has 0 bridgehead atoms. The highest BCUT2D eigenvalue weighted by molar-refractivity contribution is 6.22. The Labute approximate surface area is 66.1 Å². The predicted molar refractivity (Wildman–Crippen MR) is 42.6 cm³/mol. The largest absolute Gasteiger partial charge is 0.313 e. The lowest BCUT2D eigenvalue weighted by Gasteiger charge is -2.01. The molecule has 0 spiro atoms. The van der Waals surface area contributed by atoms with Crippen molar-refractivity contribution in [3.05, 3.63) is 6.92 Å². The Kier molecular flexibility index (Phi) is 5.22. The van der Waals surface area contributed by atoms with Gasteiger partial charge in [-0.15, -0.1) is 11.6 Å². The van der Waals surface area contributed by atoms with E-state index in [1.165, 1.54) is 0 Å². The lowest BCUT2D eigenvalue weighted by atomic mass is 10.1. The fraction of sp³-hybridized carbons (Fsp3) is 0.571. The fourth-order valence-electron chi connectivity index (χ4n) is 0.546. The van der Waals surface area contributed by atoms with Gasteiger partial charge in [0.05, 0.1) is 0 Å². The van der Waals surface area contributed by atoms with Crippen LogP contribution in [0.5, 0.6) is 0 Å². The average molecular weight is 161 g/mol. The van der Waals surface area contributed by atoms with Gasteiger partial charge in [0, 0.05) is 24.4 Å². The molecular formula is C7H11ClNO. The van der Waals surface area contributed by atoms with Crippen molar-refractivity contribution in [2.24, 2.45) is 0 Å². The summed E-state index contributed by atoms with van der Waals surface area (Å²) < 4.78 is 0. The molecule has 0 saturated heterocycles. The molecule has 0 heterocycles. The normalized spacial score (nSPS) is 12.6. The standard InChI is InChI=1S/C7H11ClNO/c1-2-6(8)5-7(10)3-4-9/h4,6,9H,1-3,5H2. The summed E-state index contributed by atoms with van der Waals surface area (Å²) in [6.45, 7) is 3.56. The number of alkyl halides is 1. The molecule has 1 atom stereocenters. The molecule has 0 saturated carbocycles. The van der Waals surface area contributed by atoms with Crippen LogP contribution in [0.2, 0.25) is 0 Å². The molecule has 3 heteroatoms. The van der Waals surface area contributed by atoms with E-state index in [1.807, 2.05) is 0 Å². The van der Waals surface area contributed by atoms with Crippen molar-refractivity contribution < 1.29 is 4.79 Å². The molecule has 0 aliphatic rings. The topological polar surface area (TPSA) is 40.9 Å². The number of halogens is 1. The maximum Gasteiger partial charge on any atom is 0.139 e. The third-order valence-corrected chi connectivity index (χ3v) is 1.46. The smallest absolute Gasteiger partial charge is 0.139 e. The Balaban J connectivity index is 3.46. The van der Waals surface area contributed by atoms with Crippen molar-refractivity contribution >= 4 is 23.6 Å². The van der Waals surface area contributed by atoms with E-state index in [0.717, 1.165) is 6.21 Å². The highest BCUT2D eigenvalue weighted by Gasteiger charge is 2.06. The molecule has 0 aromatic carbocycles. The van der Waals surface area contributed by atoms with Crippen molar-refractivity contribution in [3.63, 3.8) is 0 Å². The monoisotopic (exact) mass is 160 g/mol. The molecule has 57 valence electrons. The summed E-state index contributed by atoms with van der Waals surface area (Å²) in [5.41, 5.74) is 0. The van der Waals surface area contributed by atoms with Crippen LogP contribution in [0.1, 0.15) is 19.3 Å². The zero-order chi connectivity index (χ0) is 7.98. The Morgan fingerprint density at radius 3 is 2.80 bits per heavy atom. The molecule has 0 aromatic heterocycles. The number of Topliss-reactive ketones (excluding diaryl/α,β-unsaturated/α-hetero) is 1. The van der Waals surface area contributed by atoms with Gasteiger partial charge < -0.3 is 5.41 Å². The second kappa shape index (κ2) is 5.42. The summed E-state index contributed by atoms with van der Waals surface area (Å²) in [5, 5.41) is 6.47. The third kappa shape index (κ3) is 4.50. The van der Waals surface area contributed by atoms with Crippen molar-refractivity contribution in [2.75, 3.05) is 0 Å². The summed E-state index contributed by atoms with van der Waals surface area (Å²) in [5.74, 6) is 0.0126. The molecule has 0 aromatic rings. The second-order valence-corrected chi connectivity index (χ2v) is 2.65. The first kappa shape index (κ1) is 9.63. The quantitative estimate of drug-likeness (QED) is 0.484. The van der Waals surface area contributed by atoms with Gasteiger partial charge in [0.15, 0.2) is 0 Å². The zero-order valence-corrected chi connectivity index (χ0v) is 6.53. The fourth-order valence-corrected chi connectivity index (χ4v) is 0.718. The molecule has 0 aliphatic heterocycles. The first-order valence-corrected chi connectivity index (χ1v) is 3.58. The van der Waals surface area contributed by atoms with E-state index in [9.17, 15) is 4.79 Å². The van der Waals surface area contributed by atoms with E-state index in [4.69, 9.17) is 17.0 Å². The van der Waals surface area contributed by atoms with Crippen LogP contribution >= 0.6 is 11.6 Å². The summed E-state index contributed by atoms with van der Waals surface area (Å²) >= 11 is 5.64. The predicted octanol–water partition coefficient (Wildman–Crippen LogP) is 1.82. The SMILES string of the molecule is [CH2]CC(Cl)CC(=O)CC=N. The van der Waals surface area contributed by atoms with Crippen molar-refractivity contribution in [3.8, 4) is 0 Å². The van der Waals surface area contributed by atoms with Crippen LogP contribution in [-0.2, 0) is 4.79 Å². The molecule has 0 aliphatic carbocycles. The van der Waals surface area contributed by atoms with Gasteiger partial charge >= 0.3 is 0 Å². The van der Waals surface area contributed by atoms with E-state index in [2.05, 4.69) is 6.92 Å². The molecule has 1 unspecified atom stereocenters. The van der Waals surface area contributed by atoms with Gasteiger partial charge in [0.1, 0.15) is 5.78 Å². The number of carbonyl (C=O) groups excluding carboxylic acids is 1. The molecule has 0 fully saturated rings. The Hall–Kier alpha value is -0.370. The van der Waals surface area contributed by atoms with Crippen LogP contribution in [-0.4, -0.2) is 17.4 Å². The minimum atomic E-state index is -0.160. The maximum absolute atomic E-state index is 10.7. The van der Waals surface area contributed by atoms with Gasteiger partial charge in [-0.2, -0.15) is 0 Å². The number of ketones is 1. The van der Waals surface area contributed by atoms with E-state index in [-0.39, 0.29) is 17.6 Å². The average Bonchev–Trinajstić information content (AvgIpc) is 1.88. The summed E-state index contributed by atoms with van der Waals surface area (Å²) in [6, 6.07) is 0. The van der Waals surface area contributed by atoms with Gasteiger partial charge in [-0.1, -0.05) is 6.92 Å². The van der Waals surface area contributed by atoms with Gasteiger partial charge in [-0.05, 0) is 6.42 Å². The first-order valence-electron chi connectivity index (χ1n) is 3.14. The van der Waals surface area contributed by atoms with E-state index in [0.29, 0.717) is 12.8 Å². The minimum Gasteiger partial charge on any atom is -0.313 e. The zero-order valence-electron chi connectivity index (χ0n) is 5.77. The molecular weight excluding hydrogens is 150 g/mol. The Bertz CT molecular complexity index is 125. The Morgan fingerprint density at radius 1 is 1.80 bits per heavy atom. The number of hydrogen-bond acceptors (Lipinski definition) is 2. The highest BCUT2D eigenvalue weighted by atomic mass is 35.5. The van der Waals surface area contributed by atoms with Crippen LogP contribution in [0.3, 0.4) is 0 Å². The van der Waals surface area contributed by atoms with Gasteiger partial charge in [-0.25, -0.2) is 0 Å². The summed E-state index contributed by atoms with van der Waals surface area (Å²) in [7, 11) is 0. The number of nitrogens with one attached hydrogen (secondary N) is 1. The van der Waals surface area contributed by atoms with Crippen LogP contribution < -0.4 is 0 Å². The molecule has 1 radical (unpaired) electrons. The molecule has 0 rings (SSSR count). The number of carbonyl (C=O) groups is 1. The van der Waals surface area contributed by atoms with Crippen molar-refractivity contribution in [1.82, 2.24) is 0 Å². The second-order valence-electron chi connectivity index (χ2n) is 2.04. The maximum atomic E-state index is 10.7. The van der Waals surface area contributed by atoms with E-state index in [1.54, 1.807) is 0 Å². The third-order valence-electron chi connectivity index (χ3n) is 1.09. The number of hydrogen-bond donors (Lipinski definition) is 1. The summed E-state index contributed by atoms with van der Waals surface area (Å²) in [4.78, 5) is 10.7. The first-order chi connectivity index (χ1) is 4.70. The van der Waals surface area contributed by atoms with Crippen LogP contribution in [0.4, 0.5) is 0 Å². The minimum absolute atomic E-state index is 0.0126. The highest BCUT2D eigenvalue weighted by Crippen LogP contribution is 2.06. The number of rotatable bonds is 5. The van der Waals surface area contributed by atoms with Gasteiger partial charge in [0.2, 0.25) is 0 Å². The molecule has 10 heavy (non-hydrogen) atoms. The molecule has 2 nitrogen and oxygen atoms in total. The van der Waals surface area contributed by atoms with E-state index < -0.39 is 0 Å². The van der Waals surface area contributed by atoms with Gasteiger partial charge in [0.25, 0.3) is 0 Å². The molecule has 1 N–H and O–H groups in total. The van der Waals surface area contributed by atoms with E-state index >= 15 is 0 Å². The van der Waals surface area contributed by atoms with Crippen LogP contribution in [0.15, 0.2) is 0 Å². The van der Waals surface area contributed by atoms with Gasteiger partial charge in [-0.3, -0.25) is 4.79 Å². The lowest BCUT2D eigenvalue weighted by Crippen LogP contribution is -2.06. The van der Waals surface area contributed by atoms with Crippen molar-refractivity contribution in [2.45, 2.75) is 24.6 Å². The summed E-state index contributed by atoms with van der Waals surface area (Å²) in [6.07, 6.45) is 2.18. The van der Waals surface area contributed by atoms with Crippen LogP contribution in [0.25, 0.3) is 0 Å². The Morgan fingerprint density at radius 2 is 2.40 bits per heavy atom. The molecule has 0 amide bonds. The lowest BCUT2D eigenvalue weighted by molar-refractivity contribution is -0.117.